The Balaban J connectivity index is 3.21. The number of thioether (sulfide) groups is 1. The maximum Gasteiger partial charge on any atom is 0.416 e. The summed E-state index contributed by atoms with van der Waals surface area (Å²) in [5, 5.41) is 11.4. The molecule has 100 valence electrons. The minimum absolute atomic E-state index is 0.103. The van der Waals surface area contributed by atoms with Crippen LogP contribution in [0.25, 0.3) is 0 Å². The van der Waals surface area contributed by atoms with Crippen LogP contribution in [0.15, 0.2) is 28.3 Å². The molecule has 18 heavy (non-hydrogen) atoms. The van der Waals surface area contributed by atoms with Crippen LogP contribution in [0, 0.1) is 0 Å². The largest absolute Gasteiger partial charge is 0.416 e. The molecule has 0 aliphatic heterocycles. The number of halogens is 3. The van der Waals surface area contributed by atoms with Crippen molar-refractivity contribution in [3.63, 3.8) is 0 Å². The number of benzene rings is 1. The van der Waals surface area contributed by atoms with E-state index in [-0.39, 0.29) is 11.4 Å². The van der Waals surface area contributed by atoms with Crippen molar-refractivity contribution < 1.29 is 18.4 Å². The van der Waals surface area contributed by atoms with Crippen LogP contribution in [0.2, 0.25) is 0 Å². The Hall–Kier alpha value is -1.37. The van der Waals surface area contributed by atoms with Gasteiger partial charge < -0.3 is 10.9 Å². The van der Waals surface area contributed by atoms with E-state index in [0.717, 1.165) is 24.3 Å². The van der Waals surface area contributed by atoms with Crippen LogP contribution in [0.3, 0.4) is 0 Å². The molecule has 7 heteroatoms. The van der Waals surface area contributed by atoms with Crippen molar-refractivity contribution in [3.8, 4) is 0 Å². The third kappa shape index (κ3) is 3.56. The third-order valence-electron chi connectivity index (χ3n) is 2.15. The molecule has 0 spiro atoms. The fourth-order valence-electron chi connectivity index (χ4n) is 1.30. The zero-order valence-corrected chi connectivity index (χ0v) is 10.5. The zero-order chi connectivity index (χ0) is 13.8. The SMILES string of the molecule is CCCSc1ccc(C(F)(F)F)cc1/C(N)=N/O. The van der Waals surface area contributed by atoms with Crippen LogP contribution < -0.4 is 5.73 Å². The van der Waals surface area contributed by atoms with Crippen LogP contribution in [0.5, 0.6) is 0 Å². The second-order valence-electron chi connectivity index (χ2n) is 3.54. The molecule has 0 heterocycles. The van der Waals surface area contributed by atoms with E-state index in [2.05, 4.69) is 5.16 Å². The summed E-state index contributed by atoms with van der Waals surface area (Å²) in [4.78, 5) is 0.570. The highest BCUT2D eigenvalue weighted by Gasteiger charge is 2.31. The summed E-state index contributed by atoms with van der Waals surface area (Å²) in [6.45, 7) is 1.96. The molecule has 0 aliphatic carbocycles. The van der Waals surface area contributed by atoms with Gasteiger partial charge in [-0.05, 0) is 30.4 Å². The van der Waals surface area contributed by atoms with Gasteiger partial charge in [0.1, 0.15) is 0 Å². The molecule has 0 amide bonds. The van der Waals surface area contributed by atoms with E-state index in [4.69, 9.17) is 10.9 Å². The van der Waals surface area contributed by atoms with Crippen molar-refractivity contribution in [2.45, 2.75) is 24.4 Å². The van der Waals surface area contributed by atoms with Gasteiger partial charge in [-0.2, -0.15) is 13.2 Å². The third-order valence-corrected chi connectivity index (χ3v) is 3.43. The molecule has 0 aliphatic rings. The predicted octanol–water partition coefficient (Wildman–Crippen LogP) is 3.30. The van der Waals surface area contributed by atoms with Crippen molar-refractivity contribution in [3.05, 3.63) is 29.3 Å². The maximum absolute atomic E-state index is 12.6. The molecule has 1 rings (SSSR count). The summed E-state index contributed by atoms with van der Waals surface area (Å²) in [5.74, 6) is 0.427. The number of hydrogen-bond acceptors (Lipinski definition) is 3. The number of alkyl halides is 3. The van der Waals surface area contributed by atoms with Crippen LogP contribution in [0.4, 0.5) is 13.2 Å². The molecule has 3 N–H and O–H groups in total. The Morgan fingerprint density at radius 1 is 1.44 bits per heavy atom. The van der Waals surface area contributed by atoms with E-state index >= 15 is 0 Å². The number of nitrogens with zero attached hydrogens (tertiary/aromatic N) is 1. The lowest BCUT2D eigenvalue weighted by Gasteiger charge is -2.12. The summed E-state index contributed by atoms with van der Waals surface area (Å²) < 4.78 is 37.7. The fraction of sp³-hybridized carbons (Fsp3) is 0.364. The van der Waals surface area contributed by atoms with E-state index in [0.29, 0.717) is 4.90 Å². The second kappa shape index (κ2) is 5.99. The van der Waals surface area contributed by atoms with Gasteiger partial charge >= 0.3 is 6.18 Å². The average Bonchev–Trinajstić information content (AvgIpc) is 2.34. The summed E-state index contributed by atoms with van der Waals surface area (Å²) in [7, 11) is 0. The number of amidine groups is 1. The van der Waals surface area contributed by atoms with Crippen LogP contribution in [-0.2, 0) is 6.18 Å². The van der Waals surface area contributed by atoms with Gasteiger partial charge in [0.2, 0.25) is 0 Å². The van der Waals surface area contributed by atoms with Crippen molar-refractivity contribution in [2.24, 2.45) is 10.9 Å². The van der Waals surface area contributed by atoms with Gasteiger partial charge in [0, 0.05) is 10.5 Å². The van der Waals surface area contributed by atoms with E-state index in [1.807, 2.05) is 6.92 Å². The quantitative estimate of drug-likeness (QED) is 0.292. The van der Waals surface area contributed by atoms with Gasteiger partial charge in [-0.25, -0.2) is 0 Å². The van der Waals surface area contributed by atoms with E-state index < -0.39 is 11.7 Å². The minimum Gasteiger partial charge on any atom is -0.409 e. The minimum atomic E-state index is -4.45. The summed E-state index contributed by atoms with van der Waals surface area (Å²) in [6.07, 6.45) is -3.57. The molecular weight excluding hydrogens is 265 g/mol. The second-order valence-corrected chi connectivity index (χ2v) is 4.68. The number of oxime groups is 1. The lowest BCUT2D eigenvalue weighted by molar-refractivity contribution is -0.137. The van der Waals surface area contributed by atoms with Crippen molar-refractivity contribution in [1.82, 2.24) is 0 Å². The number of rotatable bonds is 4. The number of hydrogen-bond donors (Lipinski definition) is 2. The van der Waals surface area contributed by atoms with Crippen LogP contribution >= 0.6 is 11.8 Å². The van der Waals surface area contributed by atoms with Gasteiger partial charge in [-0.3, -0.25) is 0 Å². The van der Waals surface area contributed by atoms with Crippen LogP contribution in [0.1, 0.15) is 24.5 Å². The molecule has 0 radical (unpaired) electrons. The molecule has 0 bridgehead atoms. The first-order valence-electron chi connectivity index (χ1n) is 5.22. The van der Waals surface area contributed by atoms with Gasteiger partial charge in [-0.15, -0.1) is 11.8 Å². The Morgan fingerprint density at radius 2 is 2.11 bits per heavy atom. The van der Waals surface area contributed by atoms with Gasteiger partial charge in [0.25, 0.3) is 0 Å². The number of nitrogens with two attached hydrogens (primary N) is 1. The Kier molecular flexibility index (Phi) is 4.89. The molecule has 0 fully saturated rings. The predicted molar refractivity (Wildman–Crippen MR) is 65.0 cm³/mol. The molecule has 0 unspecified atom stereocenters. The maximum atomic E-state index is 12.6. The van der Waals surface area contributed by atoms with Gasteiger partial charge in [0.15, 0.2) is 5.84 Å². The molecule has 0 atom stereocenters. The van der Waals surface area contributed by atoms with Gasteiger partial charge in [-0.1, -0.05) is 12.1 Å². The highest BCUT2D eigenvalue weighted by molar-refractivity contribution is 7.99. The first-order chi connectivity index (χ1) is 8.40. The molecule has 3 nitrogen and oxygen atoms in total. The van der Waals surface area contributed by atoms with Crippen LogP contribution in [-0.4, -0.2) is 16.8 Å². The van der Waals surface area contributed by atoms with Crippen molar-refractivity contribution in [2.75, 3.05) is 5.75 Å². The van der Waals surface area contributed by atoms with Gasteiger partial charge in [0.05, 0.1) is 5.56 Å². The fourth-order valence-corrected chi connectivity index (χ4v) is 2.21. The standard InChI is InChI=1S/C11H13F3N2OS/c1-2-5-18-9-4-3-7(11(12,13)14)6-8(9)10(15)16-17/h3-4,6,17H,2,5H2,1H3,(H2,15,16). The van der Waals surface area contributed by atoms with E-state index in [1.165, 1.54) is 17.8 Å². The Morgan fingerprint density at radius 3 is 2.61 bits per heavy atom. The van der Waals surface area contributed by atoms with E-state index in [9.17, 15) is 13.2 Å². The summed E-state index contributed by atoms with van der Waals surface area (Å²) >= 11 is 1.37. The Bertz CT molecular complexity index is 446. The lowest BCUT2D eigenvalue weighted by atomic mass is 10.1. The molecule has 1 aromatic carbocycles. The summed E-state index contributed by atoms with van der Waals surface area (Å²) in [6, 6.07) is 3.23. The normalized spacial score (nSPS) is 12.8. The Labute approximate surface area is 107 Å². The summed E-state index contributed by atoms with van der Waals surface area (Å²) in [5.41, 5.74) is 4.69. The molecule has 0 saturated carbocycles. The first kappa shape index (κ1) is 14.7. The average molecular weight is 278 g/mol. The van der Waals surface area contributed by atoms with Crippen molar-refractivity contribution >= 4 is 17.6 Å². The smallest absolute Gasteiger partial charge is 0.409 e. The monoisotopic (exact) mass is 278 g/mol. The zero-order valence-electron chi connectivity index (χ0n) is 9.66. The molecule has 1 aromatic rings. The highest BCUT2D eigenvalue weighted by Crippen LogP contribution is 2.33. The van der Waals surface area contributed by atoms with Crippen molar-refractivity contribution in [1.29, 1.82) is 0 Å². The first-order valence-corrected chi connectivity index (χ1v) is 6.20. The lowest BCUT2D eigenvalue weighted by Crippen LogP contribution is -2.16. The molecular formula is C11H13F3N2OS. The molecule has 0 aromatic heterocycles. The molecule has 0 saturated heterocycles. The highest BCUT2D eigenvalue weighted by atomic mass is 32.2. The topological polar surface area (TPSA) is 58.6 Å². The van der Waals surface area contributed by atoms with E-state index in [1.54, 1.807) is 0 Å².